The lowest BCUT2D eigenvalue weighted by Gasteiger charge is -2.24. The van der Waals surface area contributed by atoms with Crippen LogP contribution in [0, 0.1) is 0 Å². The summed E-state index contributed by atoms with van der Waals surface area (Å²) in [6.07, 6.45) is 1.74. The predicted molar refractivity (Wildman–Crippen MR) is 131 cm³/mol. The molecule has 0 saturated carbocycles. The van der Waals surface area contributed by atoms with Crippen LogP contribution in [-0.4, -0.2) is 15.9 Å². The first-order chi connectivity index (χ1) is 14.9. The van der Waals surface area contributed by atoms with Gasteiger partial charge in [-0.05, 0) is 89.7 Å². The molecule has 0 aliphatic heterocycles. The van der Waals surface area contributed by atoms with Gasteiger partial charge in [0.15, 0.2) is 0 Å². The molecule has 0 aliphatic rings. The zero-order valence-electron chi connectivity index (χ0n) is 17.1. The Bertz CT molecular complexity index is 1210. The van der Waals surface area contributed by atoms with Crippen molar-refractivity contribution in [3.63, 3.8) is 0 Å². The topological polar surface area (TPSA) is 76.1 Å². The number of aromatic nitrogens is 2. The van der Waals surface area contributed by atoms with Crippen molar-refractivity contribution >= 4 is 50.9 Å². The molecule has 2 aromatic carbocycles. The van der Waals surface area contributed by atoms with Gasteiger partial charge in [0.05, 0.1) is 5.52 Å². The van der Waals surface area contributed by atoms with E-state index >= 15 is 0 Å². The first-order valence-corrected chi connectivity index (χ1v) is 10.8. The van der Waals surface area contributed by atoms with Gasteiger partial charge in [-0.1, -0.05) is 12.1 Å². The number of carbonyl (C=O) groups is 1. The normalized spacial score (nSPS) is 12.7. The number of pyridine rings is 2. The number of anilines is 2. The third-order valence-corrected chi connectivity index (χ3v) is 5.52. The van der Waals surface area contributed by atoms with Crippen LogP contribution in [0.5, 0.6) is 11.6 Å². The van der Waals surface area contributed by atoms with E-state index in [0.717, 1.165) is 28.0 Å². The van der Waals surface area contributed by atoms with Crippen LogP contribution in [0.1, 0.15) is 19.4 Å². The lowest BCUT2D eigenvalue weighted by atomic mass is 10.1. The van der Waals surface area contributed by atoms with Crippen LogP contribution in [-0.2, 0) is 8.34 Å². The van der Waals surface area contributed by atoms with E-state index in [1.54, 1.807) is 6.20 Å². The minimum atomic E-state index is -0.488. The van der Waals surface area contributed by atoms with Crippen molar-refractivity contribution in [1.82, 2.24) is 15.3 Å². The third kappa shape index (κ3) is 5.29. The highest BCUT2D eigenvalue weighted by Gasteiger charge is 2.23. The number of hydrogen-bond donors (Lipinski definition) is 2. The van der Waals surface area contributed by atoms with E-state index in [0.29, 0.717) is 11.6 Å². The van der Waals surface area contributed by atoms with Crippen molar-refractivity contribution < 1.29 is 9.53 Å². The van der Waals surface area contributed by atoms with Crippen LogP contribution in [0.4, 0.5) is 11.5 Å². The average Bonchev–Trinajstić information content (AvgIpc) is 2.74. The fourth-order valence-corrected chi connectivity index (χ4v) is 3.89. The van der Waals surface area contributed by atoms with Crippen LogP contribution >= 0.6 is 22.6 Å². The Morgan fingerprint density at radius 2 is 1.84 bits per heavy atom. The molecule has 0 radical (unpaired) electrons. The second kappa shape index (κ2) is 8.89. The van der Waals surface area contributed by atoms with Gasteiger partial charge in [0.2, 0.25) is 11.8 Å². The molecule has 1 unspecified atom stereocenters. The minimum absolute atomic E-state index is 0.0693. The molecule has 1 atom stereocenters. The molecule has 0 aliphatic carbocycles. The highest BCUT2D eigenvalue weighted by molar-refractivity contribution is 14.1. The first-order valence-electron chi connectivity index (χ1n) is 9.74. The van der Waals surface area contributed by atoms with Crippen LogP contribution < -0.4 is 15.4 Å². The Kier molecular flexibility index (Phi) is 6.03. The van der Waals surface area contributed by atoms with Crippen molar-refractivity contribution in [2.75, 3.05) is 5.32 Å². The molecule has 0 saturated heterocycles. The van der Waals surface area contributed by atoms with Crippen molar-refractivity contribution in [2.45, 2.75) is 17.4 Å². The summed E-state index contributed by atoms with van der Waals surface area (Å²) in [5, 5.41) is 7.18. The average molecular weight is 524 g/mol. The number of nitrogens with zero attached hydrogens (tertiary/aromatic N) is 2. The zero-order valence-corrected chi connectivity index (χ0v) is 19.3. The maximum absolute atomic E-state index is 11.5. The third-order valence-electron chi connectivity index (χ3n) is 4.63. The van der Waals surface area contributed by atoms with Gasteiger partial charge in [0.25, 0.3) is 0 Å². The lowest BCUT2D eigenvalue weighted by molar-refractivity contribution is -0.119. The number of alkyl halides is 1. The van der Waals surface area contributed by atoms with Crippen LogP contribution in [0.15, 0.2) is 79.0 Å². The standard InChI is InChI=1S/C24H21IN4O2/c1-16(30)29-24(2,25)18-7-12-21-17(15-18)6-13-23(28-21)31-20-10-8-19(9-11-20)27-22-5-3-4-14-26-22/h3-15H,1-2H3,(H,26,27)(H,29,30). The summed E-state index contributed by atoms with van der Waals surface area (Å²) in [4.78, 5) is 20.3. The molecule has 2 aromatic heterocycles. The Morgan fingerprint density at radius 3 is 2.55 bits per heavy atom. The number of halogens is 1. The molecule has 1 amide bonds. The van der Waals surface area contributed by atoms with Gasteiger partial charge >= 0.3 is 0 Å². The van der Waals surface area contributed by atoms with Crippen molar-refractivity contribution in [1.29, 1.82) is 0 Å². The van der Waals surface area contributed by atoms with E-state index in [9.17, 15) is 4.79 Å². The molecule has 2 N–H and O–H groups in total. The smallest absolute Gasteiger partial charge is 0.219 e. The van der Waals surface area contributed by atoms with Gasteiger partial charge in [-0.3, -0.25) is 4.79 Å². The summed E-state index contributed by atoms with van der Waals surface area (Å²) in [5.74, 6) is 1.93. The van der Waals surface area contributed by atoms with Gasteiger partial charge in [0, 0.05) is 30.3 Å². The number of amides is 1. The maximum atomic E-state index is 11.5. The summed E-state index contributed by atoms with van der Waals surface area (Å²) >= 11 is 2.23. The minimum Gasteiger partial charge on any atom is -0.439 e. The second-order valence-electron chi connectivity index (χ2n) is 7.21. The zero-order chi connectivity index (χ0) is 21.8. The van der Waals surface area contributed by atoms with Crippen molar-refractivity contribution in [3.8, 4) is 11.6 Å². The van der Waals surface area contributed by atoms with Gasteiger partial charge in [-0.25, -0.2) is 9.97 Å². The molecule has 6 nitrogen and oxygen atoms in total. The molecule has 4 rings (SSSR count). The largest absolute Gasteiger partial charge is 0.439 e. The Balaban J connectivity index is 1.48. The summed E-state index contributed by atoms with van der Waals surface area (Å²) in [6, 6.07) is 23.1. The fourth-order valence-electron chi connectivity index (χ4n) is 3.17. The highest BCUT2D eigenvalue weighted by Crippen LogP contribution is 2.31. The summed E-state index contributed by atoms with van der Waals surface area (Å²) in [5.41, 5.74) is 2.75. The van der Waals surface area contributed by atoms with Crippen LogP contribution in [0.25, 0.3) is 10.9 Å². The molecule has 0 bridgehead atoms. The molecule has 0 spiro atoms. The van der Waals surface area contributed by atoms with Crippen LogP contribution in [0.2, 0.25) is 0 Å². The van der Waals surface area contributed by atoms with Crippen molar-refractivity contribution in [2.24, 2.45) is 0 Å². The summed E-state index contributed by atoms with van der Waals surface area (Å²) in [7, 11) is 0. The van der Waals surface area contributed by atoms with E-state index in [4.69, 9.17) is 4.74 Å². The number of ether oxygens (including phenoxy) is 1. The lowest BCUT2D eigenvalue weighted by Crippen LogP contribution is -2.36. The number of carbonyl (C=O) groups excluding carboxylic acids is 1. The van der Waals surface area contributed by atoms with Crippen molar-refractivity contribution in [3.05, 3.63) is 84.6 Å². The number of fused-ring (bicyclic) bond motifs is 1. The Labute approximate surface area is 194 Å². The monoisotopic (exact) mass is 524 g/mol. The molecule has 4 aromatic rings. The number of hydrogen-bond acceptors (Lipinski definition) is 5. The van der Waals surface area contributed by atoms with E-state index in [-0.39, 0.29) is 5.91 Å². The van der Waals surface area contributed by atoms with E-state index < -0.39 is 3.55 Å². The molecule has 0 fully saturated rings. The summed E-state index contributed by atoms with van der Waals surface area (Å²) in [6.45, 7) is 3.48. The number of benzene rings is 2. The van der Waals surface area contributed by atoms with Gasteiger partial charge in [-0.15, -0.1) is 0 Å². The Morgan fingerprint density at radius 1 is 1.03 bits per heavy atom. The molecular weight excluding hydrogens is 503 g/mol. The molecular formula is C24H21IN4O2. The molecule has 7 heteroatoms. The molecule has 2 heterocycles. The highest BCUT2D eigenvalue weighted by atomic mass is 127. The number of nitrogens with one attached hydrogen (secondary N) is 2. The first kappa shape index (κ1) is 21.0. The molecule has 31 heavy (non-hydrogen) atoms. The van der Waals surface area contributed by atoms with Crippen LogP contribution in [0.3, 0.4) is 0 Å². The maximum Gasteiger partial charge on any atom is 0.219 e. The second-order valence-corrected chi connectivity index (χ2v) is 9.37. The van der Waals surface area contributed by atoms with Gasteiger partial charge in [0.1, 0.15) is 15.1 Å². The molecule has 156 valence electrons. The van der Waals surface area contributed by atoms with Gasteiger partial charge in [-0.2, -0.15) is 0 Å². The van der Waals surface area contributed by atoms with E-state index in [2.05, 4.69) is 43.2 Å². The predicted octanol–water partition coefficient (Wildman–Crippen LogP) is 5.91. The Hall–Kier alpha value is -3.20. The summed E-state index contributed by atoms with van der Waals surface area (Å²) < 4.78 is 5.44. The number of rotatable bonds is 6. The quantitative estimate of drug-likeness (QED) is 0.186. The van der Waals surface area contributed by atoms with Gasteiger partial charge < -0.3 is 15.4 Å². The van der Waals surface area contributed by atoms with E-state index in [1.807, 2.05) is 79.7 Å². The SMILES string of the molecule is CC(=O)NC(C)(I)c1ccc2nc(Oc3ccc(Nc4ccccn4)cc3)ccc2c1. The fraction of sp³-hybridized carbons (Fsp3) is 0.125. The van der Waals surface area contributed by atoms with E-state index in [1.165, 1.54) is 6.92 Å².